The lowest BCUT2D eigenvalue weighted by molar-refractivity contribution is 0.623. The van der Waals surface area contributed by atoms with E-state index in [1.807, 2.05) is 0 Å². The van der Waals surface area contributed by atoms with Crippen molar-refractivity contribution < 1.29 is 0 Å². The largest absolute Gasteiger partial charge is 0.370 e. The van der Waals surface area contributed by atoms with Gasteiger partial charge in [0.1, 0.15) is 0 Å². The third-order valence-electron chi connectivity index (χ3n) is 1.03. The molecule has 0 aromatic carbocycles. The molecule has 5 heteroatoms. The Hall–Kier alpha value is -1.03. The van der Waals surface area contributed by atoms with Gasteiger partial charge in [0.05, 0.1) is 6.54 Å². The maximum Gasteiger partial charge on any atom is 0.192 e. The number of hydrogen-bond donors (Lipinski definition) is 2. The van der Waals surface area contributed by atoms with Crippen LogP contribution in [0.25, 0.3) is 0 Å². The average molecular weight is 161 g/mol. The zero-order valence-corrected chi connectivity index (χ0v) is 6.14. The van der Waals surface area contributed by atoms with Crippen LogP contribution in [0.4, 0.5) is 0 Å². The fraction of sp³-hybridized carbons (Fsp3) is 0.200. The first-order chi connectivity index (χ1) is 4.30. The van der Waals surface area contributed by atoms with E-state index in [-0.39, 0.29) is 18.4 Å². The molecule has 0 aromatic heterocycles. The lowest BCUT2D eigenvalue weighted by Crippen LogP contribution is -2.34. The highest BCUT2D eigenvalue weighted by Gasteiger charge is 2.00. The van der Waals surface area contributed by atoms with Crippen LogP contribution in [-0.2, 0) is 0 Å². The van der Waals surface area contributed by atoms with Crippen LogP contribution in [0.2, 0.25) is 0 Å². The van der Waals surface area contributed by atoms with Gasteiger partial charge >= 0.3 is 0 Å². The normalized spacial score (nSPS) is 14.6. The van der Waals surface area contributed by atoms with E-state index in [2.05, 4.69) is 4.99 Å². The van der Waals surface area contributed by atoms with Crippen molar-refractivity contribution in [3.05, 3.63) is 12.4 Å². The predicted octanol–water partition coefficient (Wildman–Crippen LogP) is 0.159. The second kappa shape index (κ2) is 3.90. The summed E-state index contributed by atoms with van der Waals surface area (Å²) in [6.07, 6.45) is 4.97. The highest BCUT2D eigenvalue weighted by molar-refractivity contribution is 5.85. The summed E-state index contributed by atoms with van der Waals surface area (Å²) in [4.78, 5) is 5.40. The maximum atomic E-state index is 6.98. The standard InChI is InChI=1S/C5H8N4.ClH/c6-5(7)9-3-1-8-2-4-9;/h1-3H,4H2,(H3,6,7);1H. The molecule has 0 fully saturated rings. The van der Waals surface area contributed by atoms with Gasteiger partial charge in [-0.15, -0.1) is 12.4 Å². The number of hydrogen-bond acceptors (Lipinski definition) is 2. The van der Waals surface area contributed by atoms with Gasteiger partial charge in [-0.2, -0.15) is 0 Å². The molecule has 1 aliphatic heterocycles. The summed E-state index contributed by atoms with van der Waals surface area (Å²) in [5, 5.41) is 6.98. The van der Waals surface area contributed by atoms with E-state index in [1.165, 1.54) is 0 Å². The second-order valence-corrected chi connectivity index (χ2v) is 1.67. The number of rotatable bonds is 0. The molecule has 10 heavy (non-hydrogen) atoms. The third kappa shape index (κ3) is 2.06. The van der Waals surface area contributed by atoms with Crippen molar-refractivity contribution in [3.8, 4) is 0 Å². The minimum Gasteiger partial charge on any atom is -0.370 e. The molecule has 56 valence electrons. The number of nitrogens with two attached hydrogens (primary N) is 1. The van der Waals surface area contributed by atoms with Crippen molar-refractivity contribution in [3.63, 3.8) is 0 Å². The molecule has 0 saturated heterocycles. The van der Waals surface area contributed by atoms with E-state index < -0.39 is 0 Å². The number of guanidine groups is 1. The Labute approximate surface area is 65.3 Å². The van der Waals surface area contributed by atoms with Gasteiger partial charge in [0, 0.05) is 18.6 Å². The summed E-state index contributed by atoms with van der Waals surface area (Å²) in [6.45, 7) is 0.603. The van der Waals surface area contributed by atoms with Gasteiger partial charge in [0.2, 0.25) is 0 Å². The van der Waals surface area contributed by atoms with Crippen LogP contribution in [0.1, 0.15) is 0 Å². The third-order valence-corrected chi connectivity index (χ3v) is 1.03. The molecule has 0 aromatic rings. The smallest absolute Gasteiger partial charge is 0.192 e. The first-order valence-corrected chi connectivity index (χ1v) is 2.59. The van der Waals surface area contributed by atoms with Crippen molar-refractivity contribution in [2.24, 2.45) is 10.7 Å². The van der Waals surface area contributed by atoms with Crippen molar-refractivity contribution in [2.75, 3.05) is 6.54 Å². The Kier molecular flexibility index (Phi) is 3.49. The topological polar surface area (TPSA) is 65.5 Å². The molecule has 0 radical (unpaired) electrons. The van der Waals surface area contributed by atoms with Gasteiger partial charge < -0.3 is 10.6 Å². The molecule has 0 atom stereocenters. The van der Waals surface area contributed by atoms with Crippen molar-refractivity contribution in [1.82, 2.24) is 4.90 Å². The average Bonchev–Trinajstić information content (AvgIpc) is 1.90. The van der Waals surface area contributed by atoms with Gasteiger partial charge in [-0.3, -0.25) is 10.4 Å². The molecule has 4 nitrogen and oxygen atoms in total. The fourth-order valence-electron chi connectivity index (χ4n) is 0.554. The van der Waals surface area contributed by atoms with Crippen molar-refractivity contribution in [2.45, 2.75) is 0 Å². The summed E-state index contributed by atoms with van der Waals surface area (Å²) >= 11 is 0. The summed E-state index contributed by atoms with van der Waals surface area (Å²) in [5.74, 6) is 0.0531. The van der Waals surface area contributed by atoms with E-state index in [0.29, 0.717) is 6.54 Å². The maximum absolute atomic E-state index is 6.98. The van der Waals surface area contributed by atoms with E-state index in [4.69, 9.17) is 11.1 Å². The molecular formula is C5H9ClN4. The van der Waals surface area contributed by atoms with Crippen molar-refractivity contribution >= 4 is 24.6 Å². The molecule has 3 N–H and O–H groups in total. The Morgan fingerprint density at radius 3 is 2.70 bits per heavy atom. The molecule has 0 spiro atoms. The van der Waals surface area contributed by atoms with E-state index in [0.717, 1.165) is 0 Å². The predicted molar refractivity (Wildman–Crippen MR) is 43.5 cm³/mol. The first kappa shape index (κ1) is 8.97. The van der Waals surface area contributed by atoms with Crippen LogP contribution in [0.3, 0.4) is 0 Å². The lowest BCUT2D eigenvalue weighted by atomic mass is 10.5. The van der Waals surface area contributed by atoms with E-state index >= 15 is 0 Å². The van der Waals surface area contributed by atoms with Crippen LogP contribution in [-0.4, -0.2) is 23.6 Å². The minimum absolute atomic E-state index is 0. The number of halogens is 1. The Balaban J connectivity index is 0.000000810. The number of nitrogens with one attached hydrogen (secondary N) is 1. The zero-order chi connectivity index (χ0) is 6.69. The van der Waals surface area contributed by atoms with E-state index in [9.17, 15) is 0 Å². The highest BCUT2D eigenvalue weighted by atomic mass is 35.5. The summed E-state index contributed by atoms with van der Waals surface area (Å²) in [7, 11) is 0. The quantitative estimate of drug-likeness (QED) is 0.392. The number of aliphatic imine (C=N–C) groups is 1. The highest BCUT2D eigenvalue weighted by Crippen LogP contribution is 1.91. The van der Waals surface area contributed by atoms with Crippen LogP contribution < -0.4 is 5.73 Å². The minimum atomic E-state index is 0. The summed E-state index contributed by atoms with van der Waals surface area (Å²) in [5.41, 5.74) is 5.16. The van der Waals surface area contributed by atoms with Crippen molar-refractivity contribution in [1.29, 1.82) is 5.41 Å². The summed E-state index contributed by atoms with van der Waals surface area (Å²) in [6, 6.07) is 0. The number of nitrogens with zero attached hydrogens (tertiary/aromatic N) is 2. The van der Waals surface area contributed by atoms with Crippen LogP contribution >= 0.6 is 12.4 Å². The van der Waals surface area contributed by atoms with Gasteiger partial charge in [0.25, 0.3) is 0 Å². The van der Waals surface area contributed by atoms with E-state index in [1.54, 1.807) is 23.5 Å². The lowest BCUT2D eigenvalue weighted by Gasteiger charge is -2.16. The van der Waals surface area contributed by atoms with Crippen LogP contribution in [0.15, 0.2) is 17.4 Å². The van der Waals surface area contributed by atoms with Gasteiger partial charge in [0.15, 0.2) is 5.96 Å². The Morgan fingerprint density at radius 1 is 1.70 bits per heavy atom. The molecule has 0 unspecified atom stereocenters. The molecule has 0 aliphatic carbocycles. The second-order valence-electron chi connectivity index (χ2n) is 1.67. The Morgan fingerprint density at radius 2 is 2.40 bits per heavy atom. The molecule has 1 heterocycles. The molecule has 0 amide bonds. The fourth-order valence-corrected chi connectivity index (χ4v) is 0.554. The molecular weight excluding hydrogens is 152 g/mol. The Bertz CT molecular complexity index is 174. The van der Waals surface area contributed by atoms with Gasteiger partial charge in [-0.25, -0.2) is 0 Å². The SMILES string of the molecule is Cl.N=C(N)N1C=CN=CC1. The van der Waals surface area contributed by atoms with Crippen LogP contribution in [0, 0.1) is 5.41 Å². The van der Waals surface area contributed by atoms with Crippen LogP contribution in [0.5, 0.6) is 0 Å². The molecule has 1 aliphatic rings. The molecule has 0 bridgehead atoms. The first-order valence-electron chi connectivity index (χ1n) is 2.59. The summed E-state index contributed by atoms with van der Waals surface area (Å²) < 4.78 is 0. The monoisotopic (exact) mass is 160 g/mol. The molecule has 1 rings (SSSR count). The van der Waals surface area contributed by atoms with Gasteiger partial charge in [-0.1, -0.05) is 0 Å². The van der Waals surface area contributed by atoms with Gasteiger partial charge in [-0.05, 0) is 0 Å². The zero-order valence-electron chi connectivity index (χ0n) is 5.32. The molecule has 0 saturated carbocycles.